The van der Waals surface area contributed by atoms with Crippen LogP contribution in [0.4, 0.5) is 0 Å². The van der Waals surface area contributed by atoms with Crippen molar-refractivity contribution in [2.45, 2.75) is 6.42 Å². The van der Waals surface area contributed by atoms with Gasteiger partial charge in [0, 0.05) is 9.99 Å². The summed E-state index contributed by atoms with van der Waals surface area (Å²) < 4.78 is 6.07. The van der Waals surface area contributed by atoms with Crippen LogP contribution < -0.4 is 0 Å². The lowest BCUT2D eigenvalue weighted by molar-refractivity contribution is 0.0480. The first-order valence-electron chi connectivity index (χ1n) is 3.73. The first-order chi connectivity index (χ1) is 5.79. The predicted molar refractivity (Wildman–Crippen MR) is 53.1 cm³/mol. The van der Waals surface area contributed by atoms with Crippen molar-refractivity contribution in [3.63, 3.8) is 0 Å². The van der Waals surface area contributed by atoms with Gasteiger partial charge < -0.3 is 4.74 Å². The topological polar surface area (TPSA) is 26.3 Å². The Hall–Kier alpha value is -0.580. The van der Waals surface area contributed by atoms with E-state index in [0.29, 0.717) is 6.61 Å². The van der Waals surface area contributed by atoms with E-state index in [1.54, 1.807) is 0 Å². The molecule has 0 atom stereocenters. The van der Waals surface area contributed by atoms with E-state index in [0.717, 1.165) is 21.1 Å². The molecule has 1 aromatic rings. The van der Waals surface area contributed by atoms with Crippen molar-refractivity contribution in [3.05, 3.63) is 32.9 Å². The number of halogens is 1. The number of fused-ring (bicyclic) bond motifs is 1. The average molecular weight is 274 g/mol. The summed E-state index contributed by atoms with van der Waals surface area (Å²) in [6.45, 7) is 0.520. The fourth-order valence-corrected chi connectivity index (χ4v) is 2.10. The van der Waals surface area contributed by atoms with E-state index in [4.69, 9.17) is 4.74 Å². The van der Waals surface area contributed by atoms with Crippen molar-refractivity contribution in [3.8, 4) is 0 Å². The van der Waals surface area contributed by atoms with Crippen molar-refractivity contribution in [1.29, 1.82) is 0 Å². The second-order valence-electron chi connectivity index (χ2n) is 2.65. The number of hydrogen-bond donors (Lipinski definition) is 0. The van der Waals surface area contributed by atoms with Gasteiger partial charge in [-0.25, -0.2) is 4.79 Å². The maximum Gasteiger partial charge on any atom is 0.338 e. The molecule has 1 aliphatic rings. The molecular weight excluding hydrogens is 267 g/mol. The molecule has 1 heterocycles. The lowest BCUT2D eigenvalue weighted by atomic mass is 10.0. The van der Waals surface area contributed by atoms with E-state index in [1.165, 1.54) is 0 Å². The SMILES string of the molecule is O=C1OCCc2c(I)cccc21. The number of rotatable bonds is 0. The van der Waals surface area contributed by atoms with E-state index >= 15 is 0 Å². The number of esters is 1. The third-order valence-corrected chi connectivity index (χ3v) is 2.93. The zero-order valence-corrected chi connectivity index (χ0v) is 8.50. The van der Waals surface area contributed by atoms with Crippen LogP contribution in [0.2, 0.25) is 0 Å². The molecule has 0 saturated heterocycles. The quantitative estimate of drug-likeness (QED) is 0.534. The molecule has 0 aromatic heterocycles. The van der Waals surface area contributed by atoms with Crippen molar-refractivity contribution in [1.82, 2.24) is 0 Å². The van der Waals surface area contributed by atoms with Gasteiger partial charge in [-0.2, -0.15) is 0 Å². The molecule has 0 unspecified atom stereocenters. The zero-order valence-electron chi connectivity index (χ0n) is 6.34. The summed E-state index contributed by atoms with van der Waals surface area (Å²) in [5.74, 6) is -0.185. The molecule has 0 spiro atoms. The molecule has 0 saturated carbocycles. The molecule has 0 fully saturated rings. The van der Waals surface area contributed by atoms with E-state index in [1.807, 2.05) is 18.2 Å². The van der Waals surface area contributed by atoms with Gasteiger partial charge >= 0.3 is 5.97 Å². The van der Waals surface area contributed by atoms with Gasteiger partial charge in [0.2, 0.25) is 0 Å². The molecular formula is C9H7IO2. The van der Waals surface area contributed by atoms with Gasteiger partial charge in [-0.1, -0.05) is 6.07 Å². The number of benzene rings is 1. The van der Waals surface area contributed by atoms with Crippen LogP contribution in [-0.2, 0) is 11.2 Å². The van der Waals surface area contributed by atoms with Crippen LogP contribution in [0.5, 0.6) is 0 Å². The van der Waals surface area contributed by atoms with Crippen LogP contribution in [0.3, 0.4) is 0 Å². The molecule has 0 bridgehead atoms. The first-order valence-corrected chi connectivity index (χ1v) is 4.81. The highest BCUT2D eigenvalue weighted by atomic mass is 127. The summed E-state index contributed by atoms with van der Waals surface area (Å²) in [5.41, 5.74) is 1.86. The van der Waals surface area contributed by atoms with Crippen LogP contribution in [0.25, 0.3) is 0 Å². The van der Waals surface area contributed by atoms with Gasteiger partial charge in [-0.3, -0.25) is 0 Å². The number of hydrogen-bond acceptors (Lipinski definition) is 2. The number of ether oxygens (including phenoxy) is 1. The third-order valence-electron chi connectivity index (χ3n) is 1.92. The van der Waals surface area contributed by atoms with E-state index in [2.05, 4.69) is 22.6 Å². The minimum absolute atomic E-state index is 0.185. The smallest absolute Gasteiger partial charge is 0.338 e. The molecule has 12 heavy (non-hydrogen) atoms. The summed E-state index contributed by atoms with van der Waals surface area (Å²) in [6, 6.07) is 5.71. The van der Waals surface area contributed by atoms with E-state index < -0.39 is 0 Å². The van der Waals surface area contributed by atoms with Gasteiger partial charge in [-0.05, 0) is 40.3 Å². The predicted octanol–water partition coefficient (Wildman–Crippen LogP) is 2.00. The molecule has 0 aliphatic carbocycles. The van der Waals surface area contributed by atoms with Crippen molar-refractivity contribution < 1.29 is 9.53 Å². The summed E-state index contributed by atoms with van der Waals surface area (Å²) in [5, 5.41) is 0. The van der Waals surface area contributed by atoms with Gasteiger partial charge in [0.25, 0.3) is 0 Å². The molecule has 0 amide bonds. The Bertz CT molecular complexity index is 333. The molecule has 2 nitrogen and oxygen atoms in total. The second-order valence-corrected chi connectivity index (χ2v) is 3.81. The monoisotopic (exact) mass is 274 g/mol. The van der Waals surface area contributed by atoms with Crippen molar-refractivity contribution >= 4 is 28.6 Å². The Morgan fingerprint density at radius 3 is 3.00 bits per heavy atom. The third kappa shape index (κ3) is 1.22. The fourth-order valence-electron chi connectivity index (χ4n) is 1.33. The number of carbonyl (C=O) groups is 1. The van der Waals surface area contributed by atoms with E-state index in [9.17, 15) is 4.79 Å². The Labute approximate surface area is 84.1 Å². The second kappa shape index (κ2) is 3.05. The highest BCUT2D eigenvalue weighted by Gasteiger charge is 2.19. The summed E-state index contributed by atoms with van der Waals surface area (Å²) in [7, 11) is 0. The van der Waals surface area contributed by atoms with Crippen molar-refractivity contribution in [2.24, 2.45) is 0 Å². The Kier molecular flexibility index (Phi) is 2.04. The van der Waals surface area contributed by atoms with Crippen LogP contribution in [0.15, 0.2) is 18.2 Å². The lowest BCUT2D eigenvalue weighted by Gasteiger charge is -2.16. The maximum atomic E-state index is 11.2. The summed E-state index contributed by atoms with van der Waals surface area (Å²) >= 11 is 2.25. The highest BCUT2D eigenvalue weighted by Crippen LogP contribution is 2.21. The first kappa shape index (κ1) is 8.04. The minimum Gasteiger partial charge on any atom is -0.462 e. The highest BCUT2D eigenvalue weighted by molar-refractivity contribution is 14.1. The van der Waals surface area contributed by atoms with Gasteiger partial charge in [0.05, 0.1) is 12.2 Å². The molecule has 2 rings (SSSR count). The Morgan fingerprint density at radius 1 is 1.42 bits per heavy atom. The van der Waals surface area contributed by atoms with Crippen LogP contribution >= 0.6 is 22.6 Å². The largest absolute Gasteiger partial charge is 0.462 e. The van der Waals surface area contributed by atoms with Gasteiger partial charge in [-0.15, -0.1) is 0 Å². The molecule has 62 valence electrons. The van der Waals surface area contributed by atoms with Crippen molar-refractivity contribution in [2.75, 3.05) is 6.61 Å². The van der Waals surface area contributed by atoms with Gasteiger partial charge in [0.1, 0.15) is 0 Å². The molecule has 1 aromatic carbocycles. The molecule has 1 aliphatic heterocycles. The normalized spacial score (nSPS) is 15.2. The molecule has 3 heteroatoms. The lowest BCUT2D eigenvalue weighted by Crippen LogP contribution is -2.18. The average Bonchev–Trinajstić information content (AvgIpc) is 2.07. The Balaban J connectivity index is 2.59. The van der Waals surface area contributed by atoms with Crippen LogP contribution in [0.1, 0.15) is 15.9 Å². The minimum atomic E-state index is -0.185. The molecule has 0 N–H and O–H groups in total. The fraction of sp³-hybridized carbons (Fsp3) is 0.222. The zero-order chi connectivity index (χ0) is 8.55. The molecule has 0 radical (unpaired) electrons. The number of cyclic esters (lactones) is 1. The number of carbonyl (C=O) groups excluding carboxylic acids is 1. The van der Waals surface area contributed by atoms with Gasteiger partial charge in [0.15, 0.2) is 0 Å². The summed E-state index contributed by atoms with van der Waals surface area (Å²) in [6.07, 6.45) is 0.847. The van der Waals surface area contributed by atoms with Crippen LogP contribution in [-0.4, -0.2) is 12.6 Å². The summed E-state index contributed by atoms with van der Waals surface area (Å²) in [4.78, 5) is 11.2. The van der Waals surface area contributed by atoms with E-state index in [-0.39, 0.29) is 5.97 Å². The van der Waals surface area contributed by atoms with Crippen LogP contribution in [0, 0.1) is 3.57 Å². The Morgan fingerprint density at radius 2 is 2.25 bits per heavy atom. The standard InChI is InChI=1S/C9H7IO2/c10-8-3-1-2-7-6(8)4-5-12-9(7)11/h1-3H,4-5H2. The maximum absolute atomic E-state index is 11.2.